The van der Waals surface area contributed by atoms with Crippen LogP contribution in [0.4, 0.5) is 0 Å². The van der Waals surface area contributed by atoms with Crippen molar-refractivity contribution in [2.24, 2.45) is 0 Å². The summed E-state index contributed by atoms with van der Waals surface area (Å²) in [5.74, 6) is 0.902. The van der Waals surface area contributed by atoms with Crippen LogP contribution in [-0.2, 0) is 10.8 Å². The van der Waals surface area contributed by atoms with Crippen molar-refractivity contribution in [3.05, 3.63) is 0 Å². The van der Waals surface area contributed by atoms with E-state index < -0.39 is 10.8 Å². The van der Waals surface area contributed by atoms with Gasteiger partial charge in [-0.3, -0.25) is 4.21 Å². The lowest BCUT2D eigenvalue weighted by atomic mass is 10.0. The third-order valence-electron chi connectivity index (χ3n) is 4.79. The van der Waals surface area contributed by atoms with E-state index in [9.17, 15) is 4.21 Å². The molecule has 0 aromatic carbocycles. The molecule has 0 aliphatic heterocycles. The standard InChI is InChI=1S/C21H44OS/c1-3-4-5-6-7-8-9-10-11-12-13-14-15-16-17-18-19-20-21-23(2)22/h3-21H2,1-2H3. The molecule has 0 rings (SSSR count). The molecule has 0 N–H and O–H groups in total. The highest BCUT2D eigenvalue weighted by molar-refractivity contribution is 7.84. The molecule has 0 aliphatic rings. The second-order valence-electron chi connectivity index (χ2n) is 7.29. The van der Waals surface area contributed by atoms with Gasteiger partial charge >= 0.3 is 0 Å². The Morgan fingerprint density at radius 1 is 0.478 bits per heavy atom. The molecule has 0 saturated heterocycles. The summed E-state index contributed by atoms with van der Waals surface area (Å²) in [7, 11) is -0.584. The Morgan fingerprint density at radius 2 is 0.739 bits per heavy atom. The summed E-state index contributed by atoms with van der Waals surface area (Å²) in [4.78, 5) is 0. The maximum absolute atomic E-state index is 10.9. The van der Waals surface area contributed by atoms with Gasteiger partial charge in [0.1, 0.15) is 0 Å². The topological polar surface area (TPSA) is 17.1 Å². The predicted molar refractivity (Wildman–Crippen MR) is 108 cm³/mol. The summed E-state index contributed by atoms with van der Waals surface area (Å²) in [6.45, 7) is 2.29. The van der Waals surface area contributed by atoms with E-state index in [0.29, 0.717) is 0 Å². The van der Waals surface area contributed by atoms with E-state index in [4.69, 9.17) is 0 Å². The Kier molecular flexibility index (Phi) is 20.3. The maximum atomic E-state index is 10.9. The van der Waals surface area contributed by atoms with Crippen LogP contribution >= 0.6 is 0 Å². The summed E-state index contributed by atoms with van der Waals surface area (Å²) >= 11 is 0. The van der Waals surface area contributed by atoms with Crippen molar-refractivity contribution in [3.63, 3.8) is 0 Å². The van der Waals surface area contributed by atoms with Crippen LogP contribution in [0.2, 0.25) is 0 Å². The van der Waals surface area contributed by atoms with Crippen LogP contribution in [0.5, 0.6) is 0 Å². The normalized spacial score (nSPS) is 12.6. The summed E-state index contributed by atoms with van der Waals surface area (Å²) in [5.41, 5.74) is 0. The smallest absolute Gasteiger partial charge is 0.0232 e. The molecule has 0 spiro atoms. The lowest BCUT2D eigenvalue weighted by Crippen LogP contribution is -1.93. The first-order valence-corrected chi connectivity index (χ1v) is 12.3. The largest absolute Gasteiger partial charge is 0.260 e. The van der Waals surface area contributed by atoms with E-state index in [0.717, 1.165) is 12.2 Å². The third kappa shape index (κ3) is 22.2. The molecule has 23 heavy (non-hydrogen) atoms. The summed E-state index contributed by atoms with van der Waals surface area (Å²) in [6.07, 6.45) is 27.2. The number of hydrogen-bond acceptors (Lipinski definition) is 1. The van der Waals surface area contributed by atoms with Gasteiger partial charge in [0.05, 0.1) is 0 Å². The molecule has 0 amide bonds. The first kappa shape index (κ1) is 23.1. The van der Waals surface area contributed by atoms with E-state index in [-0.39, 0.29) is 0 Å². The van der Waals surface area contributed by atoms with Gasteiger partial charge in [-0.25, -0.2) is 0 Å². The summed E-state index contributed by atoms with van der Waals surface area (Å²) in [6, 6.07) is 0. The highest BCUT2D eigenvalue weighted by Crippen LogP contribution is 2.14. The fourth-order valence-corrected chi connectivity index (χ4v) is 3.82. The minimum atomic E-state index is -0.584. The first-order valence-electron chi connectivity index (χ1n) is 10.6. The monoisotopic (exact) mass is 344 g/mol. The zero-order valence-corrected chi connectivity index (χ0v) is 17.1. The Hall–Kier alpha value is 0.150. The maximum Gasteiger partial charge on any atom is 0.0232 e. The van der Waals surface area contributed by atoms with Gasteiger partial charge in [0.15, 0.2) is 0 Å². The fraction of sp³-hybridized carbons (Fsp3) is 1.00. The van der Waals surface area contributed by atoms with Crippen molar-refractivity contribution in [1.82, 2.24) is 0 Å². The van der Waals surface area contributed by atoms with Crippen LogP contribution in [0.3, 0.4) is 0 Å². The average Bonchev–Trinajstić information content (AvgIpc) is 2.53. The van der Waals surface area contributed by atoms with E-state index in [1.54, 1.807) is 0 Å². The fourth-order valence-electron chi connectivity index (χ4n) is 3.21. The highest BCUT2D eigenvalue weighted by atomic mass is 32.2. The molecule has 2 heteroatoms. The zero-order chi connectivity index (χ0) is 17.0. The third-order valence-corrected chi connectivity index (χ3v) is 5.65. The Labute approximate surface area is 149 Å². The second kappa shape index (κ2) is 20.2. The van der Waals surface area contributed by atoms with Gasteiger partial charge in [0.25, 0.3) is 0 Å². The van der Waals surface area contributed by atoms with Crippen LogP contribution in [0.1, 0.15) is 122 Å². The zero-order valence-electron chi connectivity index (χ0n) is 16.3. The van der Waals surface area contributed by atoms with Crippen LogP contribution in [0.25, 0.3) is 0 Å². The second-order valence-corrected chi connectivity index (χ2v) is 8.84. The molecule has 0 aromatic heterocycles. The average molecular weight is 345 g/mol. The van der Waals surface area contributed by atoms with E-state index in [1.165, 1.54) is 109 Å². The molecule has 1 unspecified atom stereocenters. The van der Waals surface area contributed by atoms with Crippen molar-refractivity contribution >= 4 is 10.8 Å². The minimum Gasteiger partial charge on any atom is -0.260 e. The predicted octanol–water partition coefficient (Wildman–Crippen LogP) is 7.41. The van der Waals surface area contributed by atoms with Gasteiger partial charge < -0.3 is 0 Å². The lowest BCUT2D eigenvalue weighted by molar-refractivity contribution is 0.526. The lowest BCUT2D eigenvalue weighted by Gasteiger charge is -2.03. The molecule has 1 nitrogen and oxygen atoms in total. The summed E-state index contributed by atoms with van der Waals surface area (Å²) in [5, 5.41) is 0. The molecule has 0 saturated carbocycles. The molecule has 0 heterocycles. The minimum absolute atomic E-state index is 0.584. The quantitative estimate of drug-likeness (QED) is 0.223. The van der Waals surface area contributed by atoms with Gasteiger partial charge in [-0.05, 0) is 6.42 Å². The van der Waals surface area contributed by atoms with Gasteiger partial charge in [-0.15, -0.1) is 0 Å². The molecular weight excluding hydrogens is 300 g/mol. The molecule has 0 fully saturated rings. The summed E-state index contributed by atoms with van der Waals surface area (Å²) < 4.78 is 10.9. The molecular formula is C21H44OS. The van der Waals surface area contributed by atoms with Crippen LogP contribution in [-0.4, -0.2) is 16.2 Å². The van der Waals surface area contributed by atoms with Crippen LogP contribution < -0.4 is 0 Å². The van der Waals surface area contributed by atoms with E-state index in [1.807, 2.05) is 6.26 Å². The first-order chi connectivity index (χ1) is 11.3. The van der Waals surface area contributed by atoms with Gasteiger partial charge in [0.2, 0.25) is 0 Å². The van der Waals surface area contributed by atoms with Crippen molar-refractivity contribution in [2.75, 3.05) is 12.0 Å². The number of rotatable bonds is 19. The van der Waals surface area contributed by atoms with Gasteiger partial charge in [-0.1, -0.05) is 116 Å². The van der Waals surface area contributed by atoms with Crippen molar-refractivity contribution in [3.8, 4) is 0 Å². The Balaban J connectivity index is 2.96. The van der Waals surface area contributed by atoms with Crippen LogP contribution in [0, 0.1) is 0 Å². The molecule has 0 radical (unpaired) electrons. The Bertz CT molecular complexity index is 240. The van der Waals surface area contributed by atoms with E-state index >= 15 is 0 Å². The Morgan fingerprint density at radius 3 is 1.00 bits per heavy atom. The molecule has 140 valence electrons. The molecule has 0 aromatic rings. The number of hydrogen-bond donors (Lipinski definition) is 0. The van der Waals surface area contributed by atoms with Gasteiger partial charge in [0, 0.05) is 22.8 Å². The molecule has 0 aliphatic carbocycles. The van der Waals surface area contributed by atoms with Gasteiger partial charge in [-0.2, -0.15) is 0 Å². The van der Waals surface area contributed by atoms with Crippen molar-refractivity contribution in [1.29, 1.82) is 0 Å². The molecule has 0 bridgehead atoms. The van der Waals surface area contributed by atoms with Crippen LogP contribution in [0.15, 0.2) is 0 Å². The van der Waals surface area contributed by atoms with Crippen molar-refractivity contribution < 1.29 is 4.21 Å². The number of unbranched alkanes of at least 4 members (excludes halogenated alkanes) is 17. The van der Waals surface area contributed by atoms with Crippen molar-refractivity contribution in [2.45, 2.75) is 122 Å². The highest BCUT2D eigenvalue weighted by Gasteiger charge is 1.95. The SMILES string of the molecule is CCCCCCCCCCCCCCCCCCCCS(C)=O. The molecule has 1 atom stereocenters. The van der Waals surface area contributed by atoms with E-state index in [2.05, 4.69) is 6.92 Å².